The molecule has 1 aliphatic heterocycles. The predicted molar refractivity (Wildman–Crippen MR) is 116 cm³/mol. The van der Waals surface area contributed by atoms with Gasteiger partial charge in [0, 0.05) is 31.6 Å². The van der Waals surface area contributed by atoms with Crippen LogP contribution in [0.5, 0.6) is 0 Å². The van der Waals surface area contributed by atoms with E-state index in [2.05, 4.69) is 15.2 Å². The highest BCUT2D eigenvalue weighted by atomic mass is 16.5. The van der Waals surface area contributed by atoms with Gasteiger partial charge in [0.25, 0.3) is 0 Å². The van der Waals surface area contributed by atoms with Crippen LogP contribution >= 0.6 is 0 Å². The zero-order valence-corrected chi connectivity index (χ0v) is 17.4. The number of aromatic nitrogens is 2. The van der Waals surface area contributed by atoms with Crippen molar-refractivity contribution in [1.82, 2.24) is 9.78 Å². The summed E-state index contributed by atoms with van der Waals surface area (Å²) in [6.45, 7) is 1.84. The number of hydrogen-bond donors (Lipinski definition) is 0. The summed E-state index contributed by atoms with van der Waals surface area (Å²) >= 11 is 0. The van der Waals surface area contributed by atoms with Crippen molar-refractivity contribution < 1.29 is 14.3 Å². The van der Waals surface area contributed by atoms with E-state index in [0.29, 0.717) is 24.1 Å². The van der Waals surface area contributed by atoms with Crippen LogP contribution < -0.4 is 5.01 Å². The number of aldehydes is 1. The van der Waals surface area contributed by atoms with E-state index >= 15 is 0 Å². The number of hydrazone groups is 1. The first-order valence-electron chi connectivity index (χ1n) is 9.69. The highest BCUT2D eigenvalue weighted by molar-refractivity contribution is 5.90. The largest absolute Gasteiger partial charge is 0.469 e. The third kappa shape index (κ3) is 5.08. The van der Waals surface area contributed by atoms with Crippen molar-refractivity contribution >= 4 is 35.6 Å². The zero-order chi connectivity index (χ0) is 21.5. The Balaban J connectivity index is 1.88. The Morgan fingerprint density at radius 3 is 2.97 bits per heavy atom. The van der Waals surface area contributed by atoms with Crippen molar-refractivity contribution in [2.24, 2.45) is 17.1 Å². The van der Waals surface area contributed by atoms with Crippen LogP contribution in [0, 0.1) is 0 Å². The SMILES string of the molecule is COC(=O)C(C/C(C)=N/N(/C=C\C=O)c1cnn(C)c1)c1ccc2c(c1)CCC=N2. The third-order valence-electron chi connectivity index (χ3n) is 4.80. The van der Waals surface area contributed by atoms with Crippen molar-refractivity contribution in [1.29, 1.82) is 0 Å². The lowest BCUT2D eigenvalue weighted by Gasteiger charge is -2.19. The van der Waals surface area contributed by atoms with Gasteiger partial charge < -0.3 is 4.74 Å². The molecule has 0 saturated carbocycles. The van der Waals surface area contributed by atoms with Gasteiger partial charge in [0.2, 0.25) is 0 Å². The van der Waals surface area contributed by atoms with Crippen molar-refractivity contribution in [3.05, 3.63) is 54.0 Å². The number of nitrogens with zero attached hydrogens (tertiary/aromatic N) is 5. The van der Waals surface area contributed by atoms with Crippen LogP contribution in [0.4, 0.5) is 11.4 Å². The number of aryl methyl sites for hydroxylation is 2. The summed E-state index contributed by atoms with van der Waals surface area (Å²) < 4.78 is 6.71. The normalized spacial score (nSPS) is 14.4. The smallest absolute Gasteiger partial charge is 0.313 e. The fourth-order valence-electron chi connectivity index (χ4n) is 3.35. The maximum Gasteiger partial charge on any atom is 0.313 e. The Hall–Kier alpha value is -3.55. The Morgan fingerprint density at radius 2 is 2.27 bits per heavy atom. The molecule has 1 aromatic heterocycles. The summed E-state index contributed by atoms with van der Waals surface area (Å²) in [5, 5.41) is 10.3. The van der Waals surface area contributed by atoms with E-state index in [0.717, 1.165) is 29.7 Å². The maximum absolute atomic E-state index is 12.6. The van der Waals surface area contributed by atoms with Gasteiger partial charge in [-0.3, -0.25) is 19.3 Å². The number of rotatable bonds is 8. The fourth-order valence-corrected chi connectivity index (χ4v) is 3.35. The van der Waals surface area contributed by atoms with Crippen LogP contribution in [0.2, 0.25) is 0 Å². The molecule has 30 heavy (non-hydrogen) atoms. The topological polar surface area (TPSA) is 89.1 Å². The molecule has 0 amide bonds. The zero-order valence-electron chi connectivity index (χ0n) is 17.4. The van der Waals surface area contributed by atoms with E-state index in [9.17, 15) is 9.59 Å². The van der Waals surface area contributed by atoms with Gasteiger partial charge in [-0.1, -0.05) is 12.1 Å². The first-order valence-corrected chi connectivity index (χ1v) is 9.69. The second kappa shape index (κ2) is 9.78. The van der Waals surface area contributed by atoms with Crippen LogP contribution in [0.1, 0.15) is 36.8 Å². The molecule has 8 heteroatoms. The summed E-state index contributed by atoms with van der Waals surface area (Å²) in [6, 6.07) is 5.89. The minimum Gasteiger partial charge on any atom is -0.469 e. The highest BCUT2D eigenvalue weighted by Gasteiger charge is 2.24. The second-order valence-corrected chi connectivity index (χ2v) is 7.05. The number of benzene rings is 1. The number of esters is 1. The highest BCUT2D eigenvalue weighted by Crippen LogP contribution is 2.30. The number of allylic oxidation sites excluding steroid dienone is 1. The molecule has 1 aliphatic rings. The molecule has 1 atom stereocenters. The summed E-state index contributed by atoms with van der Waals surface area (Å²) in [4.78, 5) is 27.7. The molecule has 1 aromatic carbocycles. The Bertz CT molecular complexity index is 1010. The molecule has 0 aliphatic carbocycles. The van der Waals surface area contributed by atoms with E-state index in [1.165, 1.54) is 13.2 Å². The number of methoxy groups -OCH3 is 1. The fraction of sp³-hybridized carbons (Fsp3) is 0.318. The summed E-state index contributed by atoms with van der Waals surface area (Å²) in [5.74, 6) is -0.805. The molecular weight excluding hydrogens is 382 g/mol. The van der Waals surface area contributed by atoms with Crippen molar-refractivity contribution in [2.45, 2.75) is 32.1 Å². The summed E-state index contributed by atoms with van der Waals surface area (Å²) in [6.07, 6.45) is 11.1. The van der Waals surface area contributed by atoms with Crippen LogP contribution in [-0.2, 0) is 27.8 Å². The molecule has 2 heterocycles. The summed E-state index contributed by atoms with van der Waals surface area (Å²) in [5.41, 5.74) is 4.37. The van der Waals surface area contributed by atoms with E-state index in [-0.39, 0.29) is 5.97 Å². The lowest BCUT2D eigenvalue weighted by molar-refractivity contribution is -0.142. The molecule has 3 rings (SSSR count). The Morgan fingerprint density at radius 1 is 1.43 bits per heavy atom. The van der Waals surface area contributed by atoms with Gasteiger partial charge in [0.05, 0.1) is 31.1 Å². The molecule has 156 valence electrons. The minimum atomic E-state index is -0.485. The summed E-state index contributed by atoms with van der Waals surface area (Å²) in [7, 11) is 3.19. The average molecular weight is 407 g/mol. The minimum absolute atomic E-state index is 0.319. The number of ether oxygens (including phenoxy) is 1. The number of carbonyl (C=O) groups excluding carboxylic acids is 2. The van der Waals surface area contributed by atoms with Gasteiger partial charge in [0.1, 0.15) is 12.0 Å². The van der Waals surface area contributed by atoms with Gasteiger partial charge in [-0.2, -0.15) is 10.2 Å². The van der Waals surface area contributed by atoms with Crippen LogP contribution in [-0.4, -0.2) is 41.1 Å². The second-order valence-electron chi connectivity index (χ2n) is 7.05. The van der Waals surface area contributed by atoms with Crippen LogP contribution in [0.15, 0.2) is 53.0 Å². The lowest BCUT2D eigenvalue weighted by Crippen LogP contribution is -2.19. The van der Waals surface area contributed by atoms with Crippen LogP contribution in [0.3, 0.4) is 0 Å². The molecule has 0 fully saturated rings. The van der Waals surface area contributed by atoms with E-state index < -0.39 is 5.92 Å². The van der Waals surface area contributed by atoms with Gasteiger partial charge in [-0.15, -0.1) is 0 Å². The molecule has 0 radical (unpaired) electrons. The molecular formula is C22H25N5O3. The quantitative estimate of drug-likeness (QED) is 0.220. The van der Waals surface area contributed by atoms with E-state index in [1.54, 1.807) is 35.3 Å². The van der Waals surface area contributed by atoms with Crippen molar-refractivity contribution in [3.8, 4) is 0 Å². The third-order valence-corrected chi connectivity index (χ3v) is 4.80. The lowest BCUT2D eigenvalue weighted by atomic mass is 9.91. The first-order chi connectivity index (χ1) is 14.5. The van der Waals surface area contributed by atoms with Gasteiger partial charge in [-0.25, -0.2) is 5.01 Å². The maximum atomic E-state index is 12.6. The standard InChI is InChI=1S/C22H25N5O3/c1-16(25-27(10-5-11-28)19-14-24-26(2)15-19)12-20(22(29)30-3)17-7-8-21-18(13-17)6-4-9-23-21/h5,7-11,13-15,20H,4,6,12H2,1-3H3/b10-5-,25-16+. The number of carbonyl (C=O) groups is 2. The molecule has 1 unspecified atom stereocenters. The monoisotopic (exact) mass is 407 g/mol. The van der Waals surface area contributed by atoms with Crippen LogP contribution in [0.25, 0.3) is 0 Å². The molecule has 0 spiro atoms. The molecule has 2 aromatic rings. The molecule has 0 N–H and O–H groups in total. The number of anilines is 1. The van der Waals surface area contributed by atoms with E-state index in [4.69, 9.17) is 4.74 Å². The molecule has 0 saturated heterocycles. The number of aliphatic imine (C=N–C) groups is 1. The van der Waals surface area contributed by atoms with E-state index in [1.807, 2.05) is 31.3 Å². The first kappa shape index (κ1) is 21.2. The average Bonchev–Trinajstić information content (AvgIpc) is 3.20. The molecule has 0 bridgehead atoms. The molecule has 8 nitrogen and oxygen atoms in total. The number of fused-ring (bicyclic) bond motifs is 1. The Labute approximate surface area is 175 Å². The van der Waals surface area contributed by atoms with Crippen molar-refractivity contribution in [2.75, 3.05) is 12.1 Å². The predicted octanol–water partition coefficient (Wildman–Crippen LogP) is 3.31. The number of hydrogen-bond acceptors (Lipinski definition) is 7. The Kier molecular flexibility index (Phi) is 6.90. The van der Waals surface area contributed by atoms with Gasteiger partial charge >= 0.3 is 5.97 Å². The van der Waals surface area contributed by atoms with Gasteiger partial charge in [0.15, 0.2) is 0 Å². The van der Waals surface area contributed by atoms with Crippen molar-refractivity contribution in [3.63, 3.8) is 0 Å². The van der Waals surface area contributed by atoms with Gasteiger partial charge in [-0.05, 0) is 43.0 Å².